The van der Waals surface area contributed by atoms with E-state index in [0.717, 1.165) is 18.9 Å². The number of nitrogens with zero attached hydrogens (tertiary/aromatic N) is 3. The Balaban J connectivity index is 1.46. The molecule has 3 rings (SSSR count). The van der Waals surface area contributed by atoms with Gasteiger partial charge in [-0.15, -0.1) is 0 Å². The minimum absolute atomic E-state index is 0.0838. The molecule has 0 bridgehead atoms. The van der Waals surface area contributed by atoms with Crippen LogP contribution in [0.25, 0.3) is 0 Å². The van der Waals surface area contributed by atoms with Gasteiger partial charge in [-0.1, -0.05) is 18.2 Å². The van der Waals surface area contributed by atoms with Crippen LogP contribution in [-0.2, 0) is 11.3 Å². The molecule has 0 radical (unpaired) electrons. The molecule has 1 aliphatic heterocycles. The Morgan fingerprint density at radius 3 is 2.56 bits per heavy atom. The number of benzene rings is 1. The van der Waals surface area contributed by atoms with Crippen LogP contribution >= 0.6 is 0 Å². The van der Waals surface area contributed by atoms with E-state index in [2.05, 4.69) is 25.5 Å². The van der Waals surface area contributed by atoms with Crippen molar-refractivity contribution in [2.24, 2.45) is 0 Å². The summed E-state index contributed by atoms with van der Waals surface area (Å²) in [7, 11) is 0. The van der Waals surface area contributed by atoms with Crippen molar-refractivity contribution in [3.05, 3.63) is 54.0 Å². The van der Waals surface area contributed by atoms with Crippen LogP contribution in [0.2, 0.25) is 0 Å². The number of amides is 2. The van der Waals surface area contributed by atoms with Crippen molar-refractivity contribution in [1.82, 2.24) is 20.6 Å². The fourth-order valence-corrected chi connectivity index (χ4v) is 2.69. The summed E-state index contributed by atoms with van der Waals surface area (Å²) in [5.41, 5.74) is 0.525. The standard InChI is InChI=1S/C18H21N5O2/c24-17(13-21-18(25)14-6-2-1-3-7-14)20-12-15-19-9-8-16(22-15)23-10-4-5-11-23/h1-3,6-9H,4-5,10-13H2,(H,20,24)(H,21,25). The Hall–Kier alpha value is -2.96. The molecule has 0 saturated carbocycles. The van der Waals surface area contributed by atoms with Crippen molar-refractivity contribution in [2.75, 3.05) is 24.5 Å². The van der Waals surface area contributed by atoms with Crippen LogP contribution in [0.5, 0.6) is 0 Å². The topological polar surface area (TPSA) is 87.2 Å². The molecule has 1 aromatic carbocycles. The van der Waals surface area contributed by atoms with Crippen molar-refractivity contribution in [3.8, 4) is 0 Å². The molecule has 130 valence electrons. The summed E-state index contributed by atoms with van der Waals surface area (Å²) in [6.07, 6.45) is 4.06. The van der Waals surface area contributed by atoms with Crippen molar-refractivity contribution >= 4 is 17.6 Å². The molecule has 2 aromatic rings. The summed E-state index contributed by atoms with van der Waals surface area (Å²) in [6.45, 7) is 2.17. The minimum Gasteiger partial charge on any atom is -0.357 e. The largest absolute Gasteiger partial charge is 0.357 e. The zero-order chi connectivity index (χ0) is 17.5. The molecule has 1 saturated heterocycles. The van der Waals surface area contributed by atoms with Gasteiger partial charge in [-0.2, -0.15) is 0 Å². The number of carbonyl (C=O) groups is 2. The summed E-state index contributed by atoms with van der Waals surface area (Å²) in [5, 5.41) is 5.32. The summed E-state index contributed by atoms with van der Waals surface area (Å²) in [5.74, 6) is 0.906. The molecule has 0 unspecified atom stereocenters. The van der Waals surface area contributed by atoms with Gasteiger partial charge >= 0.3 is 0 Å². The number of anilines is 1. The van der Waals surface area contributed by atoms with Crippen molar-refractivity contribution < 1.29 is 9.59 Å². The molecule has 2 amide bonds. The van der Waals surface area contributed by atoms with Crippen molar-refractivity contribution in [3.63, 3.8) is 0 Å². The third-order valence-corrected chi connectivity index (χ3v) is 4.01. The van der Waals surface area contributed by atoms with E-state index in [-0.39, 0.29) is 24.9 Å². The number of aromatic nitrogens is 2. The van der Waals surface area contributed by atoms with E-state index in [9.17, 15) is 9.59 Å². The fourth-order valence-electron chi connectivity index (χ4n) is 2.69. The highest BCUT2D eigenvalue weighted by molar-refractivity contribution is 5.96. The van der Waals surface area contributed by atoms with Gasteiger partial charge in [0.05, 0.1) is 13.1 Å². The average molecular weight is 339 g/mol. The van der Waals surface area contributed by atoms with Crippen LogP contribution in [0.3, 0.4) is 0 Å². The van der Waals surface area contributed by atoms with Crippen LogP contribution in [0.1, 0.15) is 29.0 Å². The second kappa shape index (κ2) is 8.23. The molecule has 1 aromatic heterocycles. The zero-order valence-electron chi connectivity index (χ0n) is 13.9. The zero-order valence-corrected chi connectivity index (χ0v) is 13.9. The summed E-state index contributed by atoms with van der Waals surface area (Å²) < 4.78 is 0. The highest BCUT2D eigenvalue weighted by Gasteiger charge is 2.14. The Morgan fingerprint density at radius 2 is 1.80 bits per heavy atom. The van der Waals surface area contributed by atoms with E-state index in [1.165, 1.54) is 12.8 Å². The lowest BCUT2D eigenvalue weighted by Crippen LogP contribution is -2.37. The molecule has 0 aliphatic carbocycles. The first-order valence-corrected chi connectivity index (χ1v) is 8.39. The van der Waals surface area contributed by atoms with E-state index in [4.69, 9.17) is 0 Å². The number of hydrogen-bond donors (Lipinski definition) is 2. The quantitative estimate of drug-likeness (QED) is 0.824. The van der Waals surface area contributed by atoms with Gasteiger partial charge in [-0.25, -0.2) is 9.97 Å². The highest BCUT2D eigenvalue weighted by Crippen LogP contribution is 2.16. The third kappa shape index (κ3) is 4.76. The lowest BCUT2D eigenvalue weighted by molar-refractivity contribution is -0.120. The van der Waals surface area contributed by atoms with Crippen molar-refractivity contribution in [2.45, 2.75) is 19.4 Å². The first kappa shape index (κ1) is 16.9. The number of carbonyl (C=O) groups excluding carboxylic acids is 2. The van der Waals surface area contributed by atoms with Gasteiger partial charge in [-0.3, -0.25) is 9.59 Å². The van der Waals surface area contributed by atoms with Gasteiger partial charge in [0.2, 0.25) is 5.91 Å². The van der Waals surface area contributed by atoms with Crippen LogP contribution in [-0.4, -0.2) is 41.4 Å². The SMILES string of the molecule is O=C(CNC(=O)c1ccccc1)NCc1nccc(N2CCCC2)n1. The van der Waals surface area contributed by atoms with Crippen molar-refractivity contribution in [1.29, 1.82) is 0 Å². The van der Waals surface area contributed by atoms with Gasteiger partial charge in [0.15, 0.2) is 0 Å². The lowest BCUT2D eigenvalue weighted by Gasteiger charge is -2.16. The molecular weight excluding hydrogens is 318 g/mol. The van der Waals surface area contributed by atoms with E-state index < -0.39 is 0 Å². The molecule has 25 heavy (non-hydrogen) atoms. The highest BCUT2D eigenvalue weighted by atomic mass is 16.2. The number of nitrogens with one attached hydrogen (secondary N) is 2. The Bertz CT molecular complexity index is 729. The molecule has 7 heteroatoms. The molecule has 2 heterocycles. The van der Waals surface area contributed by atoms with E-state index >= 15 is 0 Å². The average Bonchev–Trinajstić information content (AvgIpc) is 3.20. The summed E-state index contributed by atoms with van der Waals surface area (Å²) in [4.78, 5) is 34.7. The molecule has 0 spiro atoms. The minimum atomic E-state index is -0.278. The molecule has 2 N–H and O–H groups in total. The maximum atomic E-state index is 11.9. The first-order chi connectivity index (χ1) is 12.2. The van der Waals surface area contributed by atoms with Crippen LogP contribution in [0.15, 0.2) is 42.6 Å². The van der Waals surface area contributed by atoms with Gasteiger partial charge in [0.1, 0.15) is 11.6 Å². The van der Waals surface area contributed by atoms with E-state index in [1.807, 2.05) is 12.1 Å². The molecular formula is C18H21N5O2. The monoisotopic (exact) mass is 339 g/mol. The molecule has 7 nitrogen and oxygen atoms in total. The van der Waals surface area contributed by atoms with Gasteiger partial charge < -0.3 is 15.5 Å². The second-order valence-electron chi connectivity index (χ2n) is 5.85. The molecule has 1 fully saturated rings. The first-order valence-electron chi connectivity index (χ1n) is 8.39. The normalized spacial score (nSPS) is 13.5. The Labute approximate surface area is 146 Å². The third-order valence-electron chi connectivity index (χ3n) is 4.01. The Morgan fingerprint density at radius 1 is 1.04 bits per heavy atom. The molecule has 1 aliphatic rings. The van der Waals surface area contributed by atoms with E-state index in [1.54, 1.807) is 30.5 Å². The Kier molecular flexibility index (Phi) is 5.56. The second-order valence-corrected chi connectivity index (χ2v) is 5.85. The summed E-state index contributed by atoms with van der Waals surface area (Å²) >= 11 is 0. The molecule has 0 atom stereocenters. The lowest BCUT2D eigenvalue weighted by atomic mass is 10.2. The predicted molar refractivity (Wildman–Crippen MR) is 94.1 cm³/mol. The maximum absolute atomic E-state index is 11.9. The fraction of sp³-hybridized carbons (Fsp3) is 0.333. The number of rotatable bonds is 6. The van der Waals surface area contributed by atoms with Gasteiger partial charge in [-0.05, 0) is 31.0 Å². The van der Waals surface area contributed by atoms with Gasteiger partial charge in [0, 0.05) is 24.8 Å². The number of hydrogen-bond acceptors (Lipinski definition) is 5. The smallest absolute Gasteiger partial charge is 0.251 e. The maximum Gasteiger partial charge on any atom is 0.251 e. The van der Waals surface area contributed by atoms with Crippen LogP contribution < -0.4 is 15.5 Å². The van der Waals surface area contributed by atoms with Gasteiger partial charge in [0.25, 0.3) is 5.91 Å². The predicted octanol–water partition coefficient (Wildman–Crippen LogP) is 1.12. The van der Waals surface area contributed by atoms with Crippen LogP contribution in [0.4, 0.5) is 5.82 Å². The summed E-state index contributed by atoms with van der Waals surface area (Å²) in [6, 6.07) is 10.7. The van der Waals surface area contributed by atoms with Crippen LogP contribution in [0, 0.1) is 0 Å². The van der Waals surface area contributed by atoms with E-state index in [0.29, 0.717) is 11.4 Å².